The Morgan fingerprint density at radius 3 is 2.48 bits per heavy atom. The Bertz CT molecular complexity index is 2350. The molecule has 0 saturated carbocycles. The van der Waals surface area contributed by atoms with Gasteiger partial charge in [-0.25, -0.2) is 0 Å². The molecule has 6 aromatic rings. The molecule has 2 N–H and O–H groups in total. The number of pyridine rings is 1. The third kappa shape index (κ3) is 5.37. The summed E-state index contributed by atoms with van der Waals surface area (Å²) in [6, 6.07) is 29.8. The quantitative estimate of drug-likeness (QED) is 0.158. The van der Waals surface area contributed by atoms with Gasteiger partial charge in [-0.2, -0.15) is 0 Å². The number of nitrogens with zero attached hydrogens (tertiary/aromatic N) is 2. The van der Waals surface area contributed by atoms with Gasteiger partial charge in [0.2, 0.25) is 0 Å². The minimum atomic E-state index is -0.220. The molecule has 0 spiro atoms. The molecule has 4 nitrogen and oxygen atoms in total. The van der Waals surface area contributed by atoms with Gasteiger partial charge in [-0.1, -0.05) is 92.6 Å². The Hall–Kier alpha value is -6.13. The lowest BCUT2D eigenvalue weighted by atomic mass is 9.96. The Morgan fingerprint density at radius 2 is 1.75 bits per heavy atom. The Labute approximate surface area is 282 Å². The van der Waals surface area contributed by atoms with Gasteiger partial charge in [0.05, 0.1) is 16.7 Å². The molecule has 48 heavy (non-hydrogen) atoms. The average molecular weight is 623 g/mol. The minimum absolute atomic E-state index is 0.220. The first-order valence-corrected chi connectivity index (χ1v) is 16.2. The van der Waals surface area contributed by atoms with Crippen LogP contribution in [0.15, 0.2) is 159 Å². The fraction of sp³-hybridized carbons (Fsp3) is 0.0682. The van der Waals surface area contributed by atoms with Gasteiger partial charge in [0.1, 0.15) is 6.17 Å². The Morgan fingerprint density at radius 1 is 0.917 bits per heavy atom. The van der Waals surface area contributed by atoms with E-state index in [2.05, 4.69) is 140 Å². The van der Waals surface area contributed by atoms with Crippen LogP contribution in [-0.2, 0) is 0 Å². The van der Waals surface area contributed by atoms with E-state index < -0.39 is 0 Å². The second-order valence-corrected chi connectivity index (χ2v) is 11.9. The number of nitrogens with one attached hydrogen (secondary N) is 2. The number of rotatable bonds is 9. The SMILES string of the molecule is C=C/C=C(\C=C)C1=CC(c2ccccn2)=CC(n2c3cc4ccc(C=C)c(/C=C\C)c4cc3c3c(C)c(Nc4ccccc4)ccc32)N1. The zero-order valence-electron chi connectivity index (χ0n) is 27.4. The van der Waals surface area contributed by atoms with E-state index in [0.717, 1.165) is 50.5 Å². The highest BCUT2D eigenvalue weighted by atomic mass is 15.2. The van der Waals surface area contributed by atoms with Gasteiger partial charge < -0.3 is 15.2 Å². The largest absolute Gasteiger partial charge is 0.361 e. The molecular weight excluding hydrogens is 585 g/mol. The molecule has 0 radical (unpaired) electrons. The van der Waals surface area contributed by atoms with Gasteiger partial charge in [0.25, 0.3) is 0 Å². The third-order valence-electron chi connectivity index (χ3n) is 9.06. The summed E-state index contributed by atoms with van der Waals surface area (Å²) in [6.07, 6.45) is 17.9. The van der Waals surface area contributed by atoms with Crippen LogP contribution in [0.2, 0.25) is 0 Å². The van der Waals surface area contributed by atoms with Crippen LogP contribution in [0.3, 0.4) is 0 Å². The zero-order valence-corrected chi connectivity index (χ0v) is 27.4. The zero-order chi connectivity index (χ0) is 33.2. The maximum atomic E-state index is 4.72. The van der Waals surface area contributed by atoms with Crippen molar-refractivity contribution in [2.24, 2.45) is 0 Å². The van der Waals surface area contributed by atoms with Crippen molar-refractivity contribution < 1.29 is 0 Å². The van der Waals surface area contributed by atoms with Crippen molar-refractivity contribution in [1.29, 1.82) is 0 Å². The van der Waals surface area contributed by atoms with Crippen LogP contribution in [0.25, 0.3) is 50.3 Å². The fourth-order valence-corrected chi connectivity index (χ4v) is 6.82. The van der Waals surface area contributed by atoms with E-state index in [1.165, 1.54) is 32.7 Å². The summed E-state index contributed by atoms with van der Waals surface area (Å²) in [4.78, 5) is 4.72. The standard InChI is InChI=1S/C44H38N4/c1-6-15-31(9-4)40-25-33(39-19-13-14-24-45-39)27-43(47-40)48-41-23-22-38(46-34-17-11-10-12-18-34)29(5)44(41)37-28-36-32(26-42(37)48)21-20-30(8-3)35(36)16-7-2/h6-28,43,46-47H,1,3-4H2,2,5H3/b16-7-,31-15+. The lowest BCUT2D eigenvalue weighted by Gasteiger charge is -2.28. The van der Waals surface area contributed by atoms with Crippen LogP contribution in [0.5, 0.6) is 0 Å². The number of aromatic nitrogens is 2. The van der Waals surface area contributed by atoms with Gasteiger partial charge in [-0.3, -0.25) is 4.98 Å². The van der Waals surface area contributed by atoms with Crippen LogP contribution in [-0.4, -0.2) is 9.55 Å². The number of anilines is 2. The summed E-state index contributed by atoms with van der Waals surface area (Å²) in [7, 11) is 0. The first-order chi connectivity index (χ1) is 23.5. The van der Waals surface area contributed by atoms with Crippen LogP contribution in [0, 0.1) is 6.92 Å². The number of allylic oxidation sites excluding steroid dienone is 6. The van der Waals surface area contributed by atoms with Gasteiger partial charge in [-0.15, -0.1) is 0 Å². The normalized spacial score (nSPS) is 15.0. The van der Waals surface area contributed by atoms with E-state index in [0.29, 0.717) is 0 Å². The number of benzene rings is 4. The van der Waals surface area contributed by atoms with Crippen molar-refractivity contribution in [2.75, 3.05) is 5.32 Å². The number of fused-ring (bicyclic) bond motifs is 4. The molecule has 1 atom stereocenters. The van der Waals surface area contributed by atoms with Crippen molar-refractivity contribution >= 4 is 61.7 Å². The molecule has 0 aliphatic carbocycles. The fourth-order valence-electron chi connectivity index (χ4n) is 6.82. The number of hydrogen-bond donors (Lipinski definition) is 2. The van der Waals surface area contributed by atoms with E-state index in [1.54, 1.807) is 6.08 Å². The van der Waals surface area contributed by atoms with Crippen LogP contribution < -0.4 is 10.6 Å². The topological polar surface area (TPSA) is 41.9 Å². The summed E-state index contributed by atoms with van der Waals surface area (Å²) in [5.74, 6) is 0. The highest BCUT2D eigenvalue weighted by Gasteiger charge is 2.25. The second kappa shape index (κ2) is 12.9. The lowest BCUT2D eigenvalue weighted by molar-refractivity contribution is 0.562. The summed E-state index contributed by atoms with van der Waals surface area (Å²) in [6.45, 7) is 16.4. The maximum Gasteiger partial charge on any atom is 0.124 e. The van der Waals surface area contributed by atoms with Crippen molar-refractivity contribution in [3.8, 4) is 0 Å². The molecule has 0 amide bonds. The van der Waals surface area contributed by atoms with E-state index >= 15 is 0 Å². The molecule has 4 heteroatoms. The Kier molecular flexibility index (Phi) is 8.22. The van der Waals surface area contributed by atoms with Gasteiger partial charge in [0.15, 0.2) is 0 Å². The Balaban J connectivity index is 1.54. The first-order valence-electron chi connectivity index (χ1n) is 16.2. The van der Waals surface area contributed by atoms with Crippen LogP contribution in [0.1, 0.15) is 35.5 Å². The molecule has 3 heterocycles. The molecule has 4 aromatic carbocycles. The van der Waals surface area contributed by atoms with Crippen molar-refractivity contribution in [3.05, 3.63) is 181 Å². The summed E-state index contributed by atoms with van der Waals surface area (Å²) in [5, 5.41) is 12.3. The number of hydrogen-bond acceptors (Lipinski definition) is 3. The van der Waals surface area contributed by atoms with Crippen LogP contribution in [0.4, 0.5) is 11.4 Å². The molecule has 234 valence electrons. The highest BCUT2D eigenvalue weighted by Crippen LogP contribution is 2.42. The molecule has 0 bridgehead atoms. The van der Waals surface area contributed by atoms with E-state index in [9.17, 15) is 0 Å². The number of aryl methyl sites for hydroxylation is 1. The van der Waals surface area contributed by atoms with Crippen molar-refractivity contribution in [1.82, 2.24) is 14.9 Å². The lowest BCUT2D eigenvalue weighted by Crippen LogP contribution is -2.28. The van der Waals surface area contributed by atoms with Gasteiger partial charge >= 0.3 is 0 Å². The number of para-hydroxylation sites is 1. The molecule has 7 rings (SSSR count). The van der Waals surface area contributed by atoms with Gasteiger partial charge in [-0.05, 0) is 108 Å². The predicted molar refractivity (Wildman–Crippen MR) is 207 cm³/mol. The average Bonchev–Trinajstić information content (AvgIpc) is 3.45. The number of dihydropyridines is 1. The molecule has 0 fully saturated rings. The third-order valence-corrected chi connectivity index (χ3v) is 9.06. The highest BCUT2D eigenvalue weighted by molar-refractivity contribution is 6.16. The van der Waals surface area contributed by atoms with Gasteiger partial charge in [0, 0.05) is 39.6 Å². The first kappa shape index (κ1) is 30.5. The summed E-state index contributed by atoms with van der Waals surface area (Å²) in [5.41, 5.74) is 11.7. The molecule has 1 aliphatic heterocycles. The maximum absolute atomic E-state index is 4.72. The van der Waals surface area contributed by atoms with E-state index in [-0.39, 0.29) is 6.17 Å². The molecule has 2 aromatic heterocycles. The predicted octanol–water partition coefficient (Wildman–Crippen LogP) is 11.4. The molecule has 0 saturated heterocycles. The van der Waals surface area contributed by atoms with E-state index in [1.807, 2.05) is 42.6 Å². The molecular formula is C44H38N4. The van der Waals surface area contributed by atoms with Crippen molar-refractivity contribution in [3.63, 3.8) is 0 Å². The van der Waals surface area contributed by atoms with Crippen LogP contribution >= 0.6 is 0 Å². The smallest absolute Gasteiger partial charge is 0.124 e. The molecule has 1 aliphatic rings. The monoisotopic (exact) mass is 622 g/mol. The summed E-state index contributed by atoms with van der Waals surface area (Å²) < 4.78 is 2.42. The minimum Gasteiger partial charge on any atom is -0.361 e. The second-order valence-electron chi connectivity index (χ2n) is 11.9. The summed E-state index contributed by atoms with van der Waals surface area (Å²) >= 11 is 0. The van der Waals surface area contributed by atoms with Crippen molar-refractivity contribution in [2.45, 2.75) is 20.0 Å². The van der Waals surface area contributed by atoms with E-state index in [4.69, 9.17) is 4.98 Å². The molecule has 1 unspecified atom stereocenters.